The number of halogens is 3. The lowest BCUT2D eigenvalue weighted by atomic mass is 9.86. The van der Waals surface area contributed by atoms with E-state index >= 15 is 0 Å². The molecule has 0 aliphatic heterocycles. The lowest BCUT2D eigenvalue weighted by Gasteiger charge is -2.36. The van der Waals surface area contributed by atoms with E-state index in [4.69, 9.17) is 4.11 Å². The number of ether oxygens (including phenoxy) is 1. The van der Waals surface area contributed by atoms with E-state index in [-0.39, 0.29) is 45.2 Å². The van der Waals surface area contributed by atoms with E-state index in [9.17, 15) is 27.9 Å². The number of nitrogens with one attached hydrogen (secondary N) is 2. The quantitative estimate of drug-likeness (QED) is 0.340. The van der Waals surface area contributed by atoms with E-state index in [0.29, 0.717) is 17.4 Å². The smallest absolute Gasteiger partial charge is 0.418 e. The fourth-order valence-corrected chi connectivity index (χ4v) is 4.86. The van der Waals surface area contributed by atoms with Crippen LogP contribution in [0, 0.1) is 0 Å². The second kappa shape index (κ2) is 9.26. The summed E-state index contributed by atoms with van der Waals surface area (Å²) in [7, 11) is 1.22. The van der Waals surface area contributed by atoms with Gasteiger partial charge >= 0.3 is 18.0 Å². The van der Waals surface area contributed by atoms with Crippen LogP contribution in [-0.4, -0.2) is 43.5 Å². The third-order valence-corrected chi connectivity index (χ3v) is 6.81. The maximum Gasteiger partial charge on any atom is 0.418 e. The van der Waals surface area contributed by atoms with Crippen molar-refractivity contribution in [1.29, 1.82) is 0 Å². The van der Waals surface area contributed by atoms with Crippen molar-refractivity contribution >= 4 is 39.7 Å². The summed E-state index contributed by atoms with van der Waals surface area (Å²) in [6.07, 6.45) is -3.49. The number of rotatable bonds is 5. The standard InChI is InChI=1S/C26H27F3N6O4/c1-25(2,38)17-10-21(33-22-15(17)6-5-7-16(22)26(27,28)29)32-20-11-18-19(12-30-20)34(3)24(37)35(18)14-8-13(9-14)31-23(36)39-4/h5-7,10-14,38H,8-9H2,1-4H3,(H,31,36)(H,30,32,33)/i3D3. The van der Waals surface area contributed by atoms with Crippen molar-refractivity contribution in [3.8, 4) is 0 Å². The van der Waals surface area contributed by atoms with Crippen LogP contribution in [0.15, 0.2) is 41.3 Å². The Labute approximate surface area is 224 Å². The molecule has 0 saturated heterocycles. The third-order valence-electron chi connectivity index (χ3n) is 6.81. The zero-order chi connectivity index (χ0) is 30.8. The Morgan fingerprint density at radius 3 is 2.56 bits per heavy atom. The van der Waals surface area contributed by atoms with E-state index in [1.165, 1.54) is 56.0 Å². The zero-order valence-electron chi connectivity index (χ0n) is 24.1. The molecular formula is C26H27F3N6O4. The molecule has 0 radical (unpaired) electrons. The first kappa shape index (κ1) is 22.8. The number of pyridine rings is 2. The summed E-state index contributed by atoms with van der Waals surface area (Å²) in [5, 5.41) is 16.4. The third kappa shape index (κ3) is 4.78. The maximum atomic E-state index is 13.8. The van der Waals surface area contributed by atoms with Gasteiger partial charge in [0, 0.05) is 34.6 Å². The summed E-state index contributed by atoms with van der Waals surface area (Å²) in [6.45, 7) is 0.0563. The van der Waals surface area contributed by atoms with Gasteiger partial charge in [0.1, 0.15) is 11.6 Å². The number of hydrogen-bond acceptors (Lipinski definition) is 7. The molecule has 0 spiro atoms. The number of amides is 1. The van der Waals surface area contributed by atoms with E-state index in [1.807, 2.05) is 0 Å². The average molecular weight is 548 g/mol. The number of anilines is 2. The second-order valence-corrected chi connectivity index (χ2v) is 9.94. The Morgan fingerprint density at radius 1 is 1.18 bits per heavy atom. The summed E-state index contributed by atoms with van der Waals surface area (Å²) < 4.78 is 71.7. The van der Waals surface area contributed by atoms with Crippen molar-refractivity contribution in [2.75, 3.05) is 12.4 Å². The number of para-hydroxylation sites is 1. The number of hydrogen-bond donors (Lipinski definition) is 3. The first-order chi connectivity index (χ1) is 19.5. The molecule has 0 atom stereocenters. The SMILES string of the molecule is [2H]C([2H])([2H])n1c(=O)n(C2CC(NC(=O)OC)C2)c2cc(Nc3cc(C(C)(C)O)c4cccc(C(F)(F)F)c4n3)ncc21. The molecule has 10 nitrogen and oxygen atoms in total. The van der Waals surface area contributed by atoms with Crippen LogP contribution in [0.4, 0.5) is 29.6 Å². The second-order valence-electron chi connectivity index (χ2n) is 9.94. The molecule has 1 amide bonds. The van der Waals surface area contributed by atoms with E-state index < -0.39 is 42.1 Å². The number of aliphatic hydroxyl groups is 1. The van der Waals surface area contributed by atoms with Crippen LogP contribution in [0.3, 0.4) is 0 Å². The zero-order valence-corrected chi connectivity index (χ0v) is 21.1. The number of aromatic nitrogens is 4. The van der Waals surface area contributed by atoms with Crippen molar-refractivity contribution in [2.45, 2.75) is 50.6 Å². The van der Waals surface area contributed by atoms with Gasteiger partial charge in [-0.2, -0.15) is 13.2 Å². The Hall–Kier alpha value is -4.13. The van der Waals surface area contributed by atoms with Crippen LogP contribution in [0.1, 0.15) is 48.0 Å². The number of carbonyl (C=O) groups is 1. The molecule has 206 valence electrons. The lowest BCUT2D eigenvalue weighted by molar-refractivity contribution is -0.136. The average Bonchev–Trinajstić information content (AvgIpc) is 3.14. The van der Waals surface area contributed by atoms with Crippen LogP contribution >= 0.6 is 0 Å². The largest absolute Gasteiger partial charge is 0.453 e. The molecule has 3 aromatic heterocycles. The molecule has 0 bridgehead atoms. The van der Waals surface area contributed by atoms with Crippen LogP contribution < -0.4 is 16.3 Å². The van der Waals surface area contributed by atoms with Crippen molar-refractivity contribution in [3.63, 3.8) is 0 Å². The molecular weight excluding hydrogens is 517 g/mol. The van der Waals surface area contributed by atoms with Gasteiger partial charge in [-0.05, 0) is 44.4 Å². The minimum Gasteiger partial charge on any atom is -0.453 e. The minimum atomic E-state index is -4.71. The fraction of sp³-hybridized carbons (Fsp3) is 0.385. The normalized spacial score (nSPS) is 19.2. The Bertz CT molecular complexity index is 1760. The molecule has 1 fully saturated rings. The van der Waals surface area contributed by atoms with Gasteiger partial charge in [0.2, 0.25) is 0 Å². The predicted octanol–water partition coefficient (Wildman–Crippen LogP) is 4.33. The van der Waals surface area contributed by atoms with E-state index in [2.05, 4.69) is 25.3 Å². The Morgan fingerprint density at radius 2 is 1.92 bits per heavy atom. The summed E-state index contributed by atoms with van der Waals surface area (Å²) in [5.41, 5.74) is -3.26. The highest BCUT2D eigenvalue weighted by Gasteiger charge is 2.36. The van der Waals surface area contributed by atoms with Crippen molar-refractivity contribution in [3.05, 3.63) is 58.1 Å². The number of carbonyl (C=O) groups excluding carboxylic acids is 1. The number of nitrogens with zero attached hydrogens (tertiary/aromatic N) is 4. The van der Waals surface area contributed by atoms with Crippen LogP contribution in [-0.2, 0) is 23.5 Å². The van der Waals surface area contributed by atoms with Gasteiger partial charge < -0.3 is 20.5 Å². The minimum absolute atomic E-state index is 0.0259. The van der Waals surface area contributed by atoms with Crippen LogP contribution in [0.25, 0.3) is 21.9 Å². The highest BCUT2D eigenvalue weighted by Crippen LogP contribution is 2.39. The molecule has 1 aliphatic carbocycles. The van der Waals surface area contributed by atoms with Gasteiger partial charge in [-0.3, -0.25) is 9.13 Å². The first-order valence-electron chi connectivity index (χ1n) is 13.5. The predicted molar refractivity (Wildman–Crippen MR) is 138 cm³/mol. The highest BCUT2D eigenvalue weighted by molar-refractivity contribution is 5.88. The molecule has 5 rings (SSSR count). The van der Waals surface area contributed by atoms with Gasteiger partial charge in [0.15, 0.2) is 0 Å². The van der Waals surface area contributed by atoms with Crippen LogP contribution in [0.5, 0.6) is 0 Å². The monoisotopic (exact) mass is 547 g/mol. The molecule has 1 aromatic carbocycles. The van der Waals surface area contributed by atoms with Gasteiger partial charge in [-0.15, -0.1) is 0 Å². The molecule has 13 heteroatoms. The van der Waals surface area contributed by atoms with Crippen molar-refractivity contribution in [1.82, 2.24) is 24.4 Å². The molecule has 1 saturated carbocycles. The number of alkyl halides is 3. The number of methoxy groups -OCH3 is 1. The first-order valence-corrected chi connectivity index (χ1v) is 12.0. The van der Waals surface area contributed by atoms with E-state index in [0.717, 1.165) is 6.07 Å². The molecule has 3 N–H and O–H groups in total. The number of benzene rings is 1. The summed E-state index contributed by atoms with van der Waals surface area (Å²) >= 11 is 0. The molecule has 3 heterocycles. The Kier molecular flexibility index (Phi) is 5.42. The molecule has 0 unspecified atom stereocenters. The topological polar surface area (TPSA) is 123 Å². The number of fused-ring (bicyclic) bond motifs is 2. The van der Waals surface area contributed by atoms with Crippen LogP contribution in [0.2, 0.25) is 0 Å². The van der Waals surface area contributed by atoms with Crippen molar-refractivity contribution in [2.24, 2.45) is 6.98 Å². The van der Waals surface area contributed by atoms with E-state index in [1.54, 1.807) is 0 Å². The lowest BCUT2D eigenvalue weighted by Crippen LogP contribution is -2.46. The Balaban J connectivity index is 1.61. The van der Waals surface area contributed by atoms with Gasteiger partial charge in [-0.25, -0.2) is 19.6 Å². The number of alkyl carbamates (subject to hydrolysis) is 1. The molecule has 39 heavy (non-hydrogen) atoms. The molecule has 4 aromatic rings. The van der Waals surface area contributed by atoms with Gasteiger partial charge in [0.25, 0.3) is 0 Å². The van der Waals surface area contributed by atoms with Gasteiger partial charge in [0.05, 0.1) is 41.0 Å². The number of aryl methyl sites for hydroxylation is 1. The summed E-state index contributed by atoms with van der Waals surface area (Å²) in [5.74, 6) is 0.0128. The number of imidazole rings is 1. The van der Waals surface area contributed by atoms with Gasteiger partial charge in [-0.1, -0.05) is 12.1 Å². The maximum absolute atomic E-state index is 13.8. The summed E-state index contributed by atoms with van der Waals surface area (Å²) in [4.78, 5) is 33.3. The fourth-order valence-electron chi connectivity index (χ4n) is 4.86. The highest BCUT2D eigenvalue weighted by atomic mass is 19.4. The molecule has 1 aliphatic rings. The van der Waals surface area contributed by atoms with Crippen molar-refractivity contribution < 1.29 is 31.9 Å². The summed E-state index contributed by atoms with van der Waals surface area (Å²) in [6, 6.07) is 5.66.